The van der Waals surface area contributed by atoms with E-state index in [2.05, 4.69) is 20.8 Å². The van der Waals surface area contributed by atoms with Crippen LogP contribution in [0.1, 0.15) is 113 Å². The van der Waals surface area contributed by atoms with Crippen LogP contribution in [-0.2, 0) is 38.1 Å². The highest BCUT2D eigenvalue weighted by Gasteiger charge is 2.88. The molecular weight excluding hydrogens is 660 g/mol. The van der Waals surface area contributed by atoms with Crippen LogP contribution < -0.4 is 0 Å². The number of aliphatic hydroxyl groups is 4. The molecule has 0 aromatic rings. The van der Waals surface area contributed by atoms with Gasteiger partial charge in [-0.25, -0.2) is 0 Å². The summed E-state index contributed by atoms with van der Waals surface area (Å²) in [6, 6.07) is 0. The molecular formula is C39H60O12. The van der Waals surface area contributed by atoms with Crippen LogP contribution >= 0.6 is 0 Å². The Hall–Kier alpha value is -1.67. The molecule has 288 valence electrons. The number of ketones is 1. The Balaban J connectivity index is 1.22. The molecule has 0 unspecified atom stereocenters. The van der Waals surface area contributed by atoms with E-state index < -0.39 is 70.8 Å². The number of rotatable bonds is 8. The van der Waals surface area contributed by atoms with Gasteiger partial charge >= 0.3 is 11.9 Å². The number of esters is 2. The fourth-order valence-electron chi connectivity index (χ4n) is 13.7. The fourth-order valence-corrected chi connectivity index (χ4v) is 13.7. The minimum Gasteiger partial charge on any atom is -0.458 e. The molecule has 7 aliphatic rings. The summed E-state index contributed by atoms with van der Waals surface area (Å²) in [5.74, 6) is -0.988. The normalized spacial score (nSPS) is 50.9. The van der Waals surface area contributed by atoms with Gasteiger partial charge in [0.25, 0.3) is 0 Å². The third kappa shape index (κ3) is 5.12. The van der Waals surface area contributed by atoms with E-state index in [9.17, 15) is 34.8 Å². The highest BCUT2D eigenvalue weighted by atomic mass is 16.7. The molecule has 15 atom stereocenters. The topological polar surface area (TPSA) is 178 Å². The zero-order valence-electron chi connectivity index (χ0n) is 31.6. The first-order valence-electron chi connectivity index (χ1n) is 19.2. The Morgan fingerprint density at radius 1 is 0.843 bits per heavy atom. The van der Waals surface area contributed by atoms with E-state index in [1.54, 1.807) is 0 Å². The van der Waals surface area contributed by atoms with Crippen molar-refractivity contribution in [2.24, 2.45) is 44.8 Å². The van der Waals surface area contributed by atoms with Gasteiger partial charge in [0.05, 0.1) is 24.9 Å². The maximum atomic E-state index is 13.0. The van der Waals surface area contributed by atoms with Crippen LogP contribution in [0.3, 0.4) is 0 Å². The number of hydrogen-bond acceptors (Lipinski definition) is 12. The molecule has 0 aromatic carbocycles. The molecule has 7 fully saturated rings. The lowest BCUT2D eigenvalue weighted by Gasteiger charge is -2.63. The summed E-state index contributed by atoms with van der Waals surface area (Å²) in [7, 11) is 0. The van der Waals surface area contributed by atoms with E-state index in [1.807, 2.05) is 6.92 Å². The lowest BCUT2D eigenvalue weighted by atomic mass is 9.41. The van der Waals surface area contributed by atoms with E-state index >= 15 is 0 Å². The first kappa shape index (κ1) is 37.6. The second kappa shape index (κ2) is 11.9. The van der Waals surface area contributed by atoms with Gasteiger partial charge in [0, 0.05) is 37.0 Å². The molecule has 5 saturated carbocycles. The summed E-state index contributed by atoms with van der Waals surface area (Å²) < 4.78 is 31.5. The smallest absolute Gasteiger partial charge is 0.303 e. The Morgan fingerprint density at radius 2 is 1.47 bits per heavy atom. The van der Waals surface area contributed by atoms with Crippen molar-refractivity contribution in [3.05, 3.63) is 0 Å². The molecule has 0 aromatic heterocycles. The highest BCUT2D eigenvalue weighted by molar-refractivity contribution is 5.86. The molecule has 51 heavy (non-hydrogen) atoms. The third-order valence-corrected chi connectivity index (χ3v) is 16.0. The summed E-state index contributed by atoms with van der Waals surface area (Å²) in [5, 5.41) is 41.4. The number of ether oxygens (including phenoxy) is 5. The standard InChI is InChI=1S/C39H60O12/c1-20(40)49-29-30-35(7,13-11-25(43)34(5,6)46)48-19-39(30)16-15-38-18-37(38)14-12-26(51-32-28(45)27(44)22(42)17-47-32)33(3,4)23(37)9-10-24(38)36(39,8)31(29)50-21(2)41/h22-24,26-32,42,44-46H,9-19H2,1-8H3/t22-,23+,24+,26+,27+,28-,29-,30-,31-,32+,35+,36-,37-,38+,39+/m1/s1. The Morgan fingerprint density at radius 3 is 2.12 bits per heavy atom. The number of carbonyl (C=O) groups is 3. The predicted octanol–water partition coefficient (Wildman–Crippen LogP) is 3.22. The second-order valence-electron chi connectivity index (χ2n) is 19.0. The summed E-state index contributed by atoms with van der Waals surface area (Å²) in [4.78, 5) is 38.7. The van der Waals surface area contributed by atoms with Crippen LogP contribution in [0.2, 0.25) is 0 Å². The van der Waals surface area contributed by atoms with Crippen LogP contribution in [-0.4, -0.2) is 105 Å². The van der Waals surface area contributed by atoms with Gasteiger partial charge in [-0.3, -0.25) is 14.4 Å². The fraction of sp³-hybridized carbons (Fsp3) is 0.923. The molecule has 0 bridgehead atoms. The van der Waals surface area contributed by atoms with Gasteiger partial charge in [-0.2, -0.15) is 0 Å². The molecule has 0 amide bonds. The van der Waals surface area contributed by atoms with E-state index in [0.717, 1.165) is 44.9 Å². The van der Waals surface area contributed by atoms with Gasteiger partial charge in [0.15, 0.2) is 12.1 Å². The zero-order chi connectivity index (χ0) is 37.3. The van der Waals surface area contributed by atoms with Crippen molar-refractivity contribution in [3.63, 3.8) is 0 Å². The quantitative estimate of drug-likeness (QED) is 0.213. The summed E-state index contributed by atoms with van der Waals surface area (Å²) in [6.45, 7) is 14.8. The van der Waals surface area contributed by atoms with Crippen LogP contribution in [0.25, 0.3) is 0 Å². The molecule has 12 nitrogen and oxygen atoms in total. The Labute approximate surface area is 301 Å². The lowest BCUT2D eigenvalue weighted by Crippen LogP contribution is -2.62. The molecule has 5 aliphatic carbocycles. The first-order chi connectivity index (χ1) is 23.6. The van der Waals surface area contributed by atoms with Gasteiger partial charge in [0.2, 0.25) is 0 Å². The van der Waals surface area contributed by atoms with Crippen LogP contribution in [0.4, 0.5) is 0 Å². The largest absolute Gasteiger partial charge is 0.458 e. The van der Waals surface area contributed by atoms with Crippen molar-refractivity contribution in [1.29, 1.82) is 0 Å². The minimum absolute atomic E-state index is 0.0107. The molecule has 12 heteroatoms. The number of fused-ring (bicyclic) bond motifs is 1. The molecule has 0 radical (unpaired) electrons. The summed E-state index contributed by atoms with van der Waals surface area (Å²) >= 11 is 0. The monoisotopic (exact) mass is 720 g/mol. The van der Waals surface area contributed by atoms with Gasteiger partial charge in [0.1, 0.15) is 36.1 Å². The van der Waals surface area contributed by atoms with Gasteiger partial charge in [-0.05, 0) is 100 Å². The van der Waals surface area contributed by atoms with Crippen LogP contribution in [0, 0.1) is 44.8 Å². The van der Waals surface area contributed by atoms with Crippen LogP contribution in [0.15, 0.2) is 0 Å². The van der Waals surface area contributed by atoms with Crippen molar-refractivity contribution < 1.29 is 58.5 Å². The maximum Gasteiger partial charge on any atom is 0.303 e. The molecule has 2 saturated heterocycles. The van der Waals surface area contributed by atoms with E-state index in [-0.39, 0.29) is 53.0 Å². The average Bonchev–Trinajstić information content (AvgIpc) is 3.54. The summed E-state index contributed by atoms with van der Waals surface area (Å²) in [5.41, 5.74) is -3.62. The van der Waals surface area contributed by atoms with Crippen molar-refractivity contribution in [1.82, 2.24) is 0 Å². The van der Waals surface area contributed by atoms with E-state index in [4.69, 9.17) is 23.7 Å². The van der Waals surface area contributed by atoms with Crippen LogP contribution in [0.5, 0.6) is 0 Å². The van der Waals surface area contributed by atoms with Crippen molar-refractivity contribution in [2.45, 2.75) is 167 Å². The molecule has 3 spiro atoms. The molecule has 4 N–H and O–H groups in total. The van der Waals surface area contributed by atoms with E-state index in [0.29, 0.717) is 18.9 Å². The number of hydrogen-bond donors (Lipinski definition) is 4. The number of carbonyl (C=O) groups excluding carboxylic acids is 3. The highest BCUT2D eigenvalue weighted by Crippen LogP contribution is 2.90. The predicted molar refractivity (Wildman–Crippen MR) is 181 cm³/mol. The first-order valence-corrected chi connectivity index (χ1v) is 19.2. The number of Topliss-reactive ketones (excluding diaryl/α,β-unsaturated/α-hetero) is 1. The Bertz CT molecular complexity index is 1440. The molecule has 2 aliphatic heterocycles. The van der Waals surface area contributed by atoms with E-state index in [1.165, 1.54) is 27.7 Å². The Kier molecular flexibility index (Phi) is 8.79. The molecule has 2 heterocycles. The van der Waals surface area contributed by atoms with Crippen molar-refractivity contribution in [2.75, 3.05) is 13.2 Å². The third-order valence-electron chi connectivity index (χ3n) is 16.0. The SMILES string of the molecule is CC(=O)O[C@H]1[C@@H](OC(C)=O)[C@@]2(C)[C@@H]3CC[C@H]4C(C)(C)[C@@H](O[C@@H]5OC[C@@H](O)[C@H](O)[C@H]5O)CC[C@@]45C[C@@]35CC[C@@]23CO[C@@](C)(CCC(=O)C(C)(C)O)[C@@H]13. The van der Waals surface area contributed by atoms with Gasteiger partial charge < -0.3 is 44.1 Å². The average molecular weight is 721 g/mol. The maximum absolute atomic E-state index is 13.0. The summed E-state index contributed by atoms with van der Waals surface area (Å²) in [6.07, 6.45) is 0.270. The lowest BCUT2D eigenvalue weighted by molar-refractivity contribution is -0.303. The second-order valence-corrected chi connectivity index (χ2v) is 19.0. The van der Waals surface area contributed by atoms with Gasteiger partial charge in [-0.15, -0.1) is 0 Å². The van der Waals surface area contributed by atoms with Gasteiger partial charge in [-0.1, -0.05) is 20.8 Å². The number of aliphatic hydroxyl groups excluding tert-OH is 3. The minimum atomic E-state index is -1.48. The van der Waals surface area contributed by atoms with Crippen molar-refractivity contribution in [3.8, 4) is 0 Å². The molecule has 7 rings (SSSR count). The zero-order valence-corrected chi connectivity index (χ0v) is 31.6. The van der Waals surface area contributed by atoms with Crippen molar-refractivity contribution >= 4 is 17.7 Å².